The number of halogens is 1. The number of hydrogen-bond donors (Lipinski definition) is 2. The summed E-state index contributed by atoms with van der Waals surface area (Å²) in [4.78, 5) is 36.2. The van der Waals surface area contributed by atoms with Gasteiger partial charge < -0.3 is 10.6 Å². The van der Waals surface area contributed by atoms with Gasteiger partial charge in [-0.05, 0) is 49.6 Å². The molecule has 0 saturated carbocycles. The van der Waals surface area contributed by atoms with E-state index in [1.807, 2.05) is 43.3 Å². The van der Waals surface area contributed by atoms with Gasteiger partial charge in [0.05, 0.1) is 0 Å². The molecule has 4 rings (SSSR count). The minimum atomic E-state index is -0.334. The second-order valence-corrected chi connectivity index (χ2v) is 8.66. The lowest BCUT2D eigenvalue weighted by Crippen LogP contribution is -2.44. The largest absolute Gasteiger partial charge is 0.348 e. The van der Waals surface area contributed by atoms with Crippen molar-refractivity contribution in [1.82, 2.24) is 20.2 Å². The van der Waals surface area contributed by atoms with Crippen LogP contribution in [0.5, 0.6) is 0 Å². The van der Waals surface area contributed by atoms with E-state index in [1.165, 1.54) is 18.0 Å². The molecule has 0 unspecified atom stereocenters. The van der Waals surface area contributed by atoms with E-state index in [0.29, 0.717) is 5.56 Å². The third-order valence-corrected chi connectivity index (χ3v) is 5.92. The van der Waals surface area contributed by atoms with Crippen LogP contribution in [-0.4, -0.2) is 45.8 Å². The van der Waals surface area contributed by atoms with Gasteiger partial charge in [-0.1, -0.05) is 41.4 Å². The maximum Gasteiger partial charge on any atom is 0.273 e. The monoisotopic (exact) mass is 463 g/mol. The number of aryl methyl sites for hydroxylation is 1. The number of benzene rings is 2. The highest BCUT2D eigenvalue weighted by Gasteiger charge is 2.24. The lowest BCUT2D eigenvalue weighted by atomic mass is 10.0. The van der Waals surface area contributed by atoms with Crippen LogP contribution in [-0.2, 0) is 6.54 Å². The first-order valence-electron chi connectivity index (χ1n) is 10.9. The van der Waals surface area contributed by atoms with Crippen molar-refractivity contribution < 1.29 is 9.59 Å². The van der Waals surface area contributed by atoms with Crippen LogP contribution in [0.15, 0.2) is 60.9 Å². The normalized spacial score (nSPS) is 14.6. The first-order chi connectivity index (χ1) is 16.0. The molecule has 0 atom stereocenters. The van der Waals surface area contributed by atoms with Crippen molar-refractivity contribution in [3.05, 3.63) is 88.3 Å². The summed E-state index contributed by atoms with van der Waals surface area (Å²) in [6, 6.07) is 15.2. The summed E-state index contributed by atoms with van der Waals surface area (Å²) >= 11 is 5.96. The lowest BCUT2D eigenvalue weighted by molar-refractivity contribution is 0.0904. The molecule has 1 saturated heterocycles. The number of anilines is 1. The van der Waals surface area contributed by atoms with Crippen LogP contribution in [0.1, 0.15) is 44.8 Å². The van der Waals surface area contributed by atoms with Gasteiger partial charge in [-0.25, -0.2) is 9.97 Å². The fourth-order valence-corrected chi connectivity index (χ4v) is 4.02. The smallest absolute Gasteiger partial charge is 0.273 e. The molecule has 1 aromatic heterocycles. The Morgan fingerprint density at radius 2 is 1.76 bits per heavy atom. The van der Waals surface area contributed by atoms with E-state index in [4.69, 9.17) is 11.6 Å². The topological polar surface area (TPSA) is 87.2 Å². The second kappa shape index (κ2) is 10.6. The van der Waals surface area contributed by atoms with Gasteiger partial charge in [-0.2, -0.15) is 0 Å². The quantitative estimate of drug-likeness (QED) is 0.575. The molecule has 1 aliphatic heterocycles. The molecule has 1 aliphatic rings. The molecular weight excluding hydrogens is 438 g/mol. The van der Waals surface area contributed by atoms with E-state index in [1.54, 1.807) is 12.1 Å². The molecule has 3 aromatic rings. The van der Waals surface area contributed by atoms with E-state index >= 15 is 0 Å². The molecule has 2 amide bonds. The van der Waals surface area contributed by atoms with Gasteiger partial charge in [0.1, 0.15) is 0 Å². The Labute approximate surface area is 198 Å². The number of amides is 2. The van der Waals surface area contributed by atoms with Gasteiger partial charge in [0, 0.05) is 48.7 Å². The molecule has 0 spiro atoms. The average molecular weight is 464 g/mol. The summed E-state index contributed by atoms with van der Waals surface area (Å²) in [5.74, 6) is -0.510. The van der Waals surface area contributed by atoms with Crippen molar-refractivity contribution in [1.29, 1.82) is 0 Å². The minimum absolute atomic E-state index is 0.0429. The molecule has 1 fully saturated rings. The molecule has 7 nitrogen and oxygen atoms in total. The Kier molecular flexibility index (Phi) is 7.32. The molecule has 0 bridgehead atoms. The Morgan fingerprint density at radius 3 is 2.48 bits per heavy atom. The zero-order valence-corrected chi connectivity index (χ0v) is 19.2. The van der Waals surface area contributed by atoms with Crippen molar-refractivity contribution in [3.8, 4) is 0 Å². The number of likely N-dealkylation sites (tertiary alicyclic amines) is 1. The highest BCUT2D eigenvalue weighted by Crippen LogP contribution is 2.17. The van der Waals surface area contributed by atoms with Gasteiger partial charge in [0.2, 0.25) is 0 Å². The van der Waals surface area contributed by atoms with Gasteiger partial charge in [-0.15, -0.1) is 0 Å². The van der Waals surface area contributed by atoms with Crippen molar-refractivity contribution in [2.75, 3.05) is 18.4 Å². The SMILES string of the molecule is Cc1cccc(C(=O)Nc2nccnc2C(=O)NC2CCN(Cc3ccc(Cl)cc3)CC2)c1. The van der Waals surface area contributed by atoms with Gasteiger partial charge >= 0.3 is 0 Å². The zero-order chi connectivity index (χ0) is 23.2. The fourth-order valence-electron chi connectivity index (χ4n) is 3.90. The number of hydrogen-bond acceptors (Lipinski definition) is 5. The number of aromatic nitrogens is 2. The van der Waals surface area contributed by atoms with E-state index in [-0.39, 0.29) is 29.4 Å². The van der Waals surface area contributed by atoms with Gasteiger partial charge in [-0.3, -0.25) is 14.5 Å². The third kappa shape index (κ3) is 6.15. The number of carbonyl (C=O) groups is 2. The van der Waals surface area contributed by atoms with Crippen molar-refractivity contribution >= 4 is 29.2 Å². The van der Waals surface area contributed by atoms with Crippen LogP contribution in [0.25, 0.3) is 0 Å². The number of nitrogens with zero attached hydrogens (tertiary/aromatic N) is 3. The third-order valence-electron chi connectivity index (χ3n) is 5.67. The Morgan fingerprint density at radius 1 is 1.03 bits per heavy atom. The Hall–Kier alpha value is -3.29. The second-order valence-electron chi connectivity index (χ2n) is 8.23. The first-order valence-corrected chi connectivity index (χ1v) is 11.3. The summed E-state index contributed by atoms with van der Waals surface area (Å²) in [5.41, 5.74) is 2.81. The molecular formula is C25H26ClN5O2. The van der Waals surface area contributed by atoms with Gasteiger partial charge in [0.15, 0.2) is 11.5 Å². The van der Waals surface area contributed by atoms with Crippen LogP contribution >= 0.6 is 11.6 Å². The summed E-state index contributed by atoms with van der Waals surface area (Å²) in [6.07, 6.45) is 4.58. The lowest BCUT2D eigenvalue weighted by Gasteiger charge is -2.32. The highest BCUT2D eigenvalue weighted by atomic mass is 35.5. The van der Waals surface area contributed by atoms with Crippen LogP contribution in [0, 0.1) is 6.92 Å². The van der Waals surface area contributed by atoms with Crippen LogP contribution < -0.4 is 10.6 Å². The Balaban J connectivity index is 1.33. The maximum atomic E-state index is 12.9. The summed E-state index contributed by atoms with van der Waals surface area (Å²) in [7, 11) is 0. The van der Waals surface area contributed by atoms with E-state index in [9.17, 15) is 9.59 Å². The first kappa shape index (κ1) is 22.9. The van der Waals surface area contributed by atoms with E-state index in [0.717, 1.165) is 43.1 Å². The number of carbonyl (C=O) groups excluding carboxylic acids is 2. The number of piperidine rings is 1. The molecule has 0 radical (unpaired) electrons. The molecule has 2 heterocycles. The van der Waals surface area contributed by atoms with E-state index in [2.05, 4.69) is 25.5 Å². The van der Waals surface area contributed by atoms with E-state index < -0.39 is 0 Å². The average Bonchev–Trinajstić information content (AvgIpc) is 2.82. The fraction of sp³-hybridized carbons (Fsp3) is 0.280. The van der Waals surface area contributed by atoms with Gasteiger partial charge in [0.25, 0.3) is 11.8 Å². The predicted octanol–water partition coefficient (Wildman–Crippen LogP) is 4.09. The Bertz CT molecular complexity index is 1130. The van der Waals surface area contributed by atoms with Crippen molar-refractivity contribution in [2.45, 2.75) is 32.4 Å². The summed E-state index contributed by atoms with van der Waals surface area (Å²) in [6.45, 7) is 4.53. The minimum Gasteiger partial charge on any atom is -0.348 e. The summed E-state index contributed by atoms with van der Waals surface area (Å²) in [5, 5.41) is 6.51. The molecule has 2 N–H and O–H groups in total. The molecule has 33 heavy (non-hydrogen) atoms. The maximum absolute atomic E-state index is 12.9. The zero-order valence-electron chi connectivity index (χ0n) is 18.4. The van der Waals surface area contributed by atoms with Crippen LogP contribution in [0.3, 0.4) is 0 Å². The van der Waals surface area contributed by atoms with Crippen molar-refractivity contribution in [3.63, 3.8) is 0 Å². The van der Waals surface area contributed by atoms with Crippen LogP contribution in [0.4, 0.5) is 5.82 Å². The number of nitrogens with one attached hydrogen (secondary N) is 2. The predicted molar refractivity (Wildman–Crippen MR) is 128 cm³/mol. The number of rotatable bonds is 6. The molecule has 8 heteroatoms. The highest BCUT2D eigenvalue weighted by molar-refractivity contribution is 6.30. The van der Waals surface area contributed by atoms with Crippen LogP contribution in [0.2, 0.25) is 5.02 Å². The molecule has 170 valence electrons. The standard InChI is InChI=1S/C25H26ClN5O2/c1-17-3-2-4-19(15-17)24(32)30-23-22(27-11-12-28-23)25(33)29-21-9-13-31(14-10-21)16-18-5-7-20(26)8-6-18/h2-8,11-12,15,21H,9-10,13-14,16H2,1H3,(H,29,33)(H,28,30,32). The molecule has 2 aromatic carbocycles. The summed E-state index contributed by atoms with van der Waals surface area (Å²) < 4.78 is 0. The van der Waals surface area contributed by atoms with Crippen molar-refractivity contribution in [2.24, 2.45) is 0 Å². The molecule has 0 aliphatic carbocycles.